The number of carbonyl (C=O) groups excluding carboxylic acids is 2. The summed E-state index contributed by atoms with van der Waals surface area (Å²) < 4.78 is 19.7. The summed E-state index contributed by atoms with van der Waals surface area (Å²) in [5, 5.41) is -0.302. The van der Waals surface area contributed by atoms with Crippen LogP contribution in [0, 0.1) is 12.7 Å². The predicted molar refractivity (Wildman–Crippen MR) is 120 cm³/mol. The van der Waals surface area contributed by atoms with Gasteiger partial charge in [0.05, 0.1) is 11.4 Å². The molecule has 0 unspecified atom stereocenters. The molecule has 4 rings (SSSR count). The zero-order chi connectivity index (χ0) is 21.8. The second-order valence-corrected chi connectivity index (χ2v) is 8.11. The minimum Gasteiger partial charge on any atom is -0.488 e. The topological polar surface area (TPSA) is 46.6 Å². The molecule has 1 saturated heterocycles. The summed E-state index contributed by atoms with van der Waals surface area (Å²) in [6.45, 7) is 2.25. The summed E-state index contributed by atoms with van der Waals surface area (Å²) in [6, 6.07) is 21.3. The van der Waals surface area contributed by atoms with Crippen molar-refractivity contribution in [2.75, 3.05) is 0 Å². The van der Waals surface area contributed by atoms with E-state index in [1.165, 1.54) is 11.0 Å². The molecule has 6 heteroatoms. The Bertz CT molecular complexity index is 1170. The number of carbonyl (C=O) groups is 2. The molecule has 1 aliphatic heterocycles. The van der Waals surface area contributed by atoms with Crippen LogP contribution in [0.4, 0.5) is 9.18 Å². The molecule has 0 N–H and O–H groups in total. The molecule has 0 atom stereocenters. The number of ether oxygens (including phenoxy) is 1. The fourth-order valence-corrected chi connectivity index (χ4v) is 4.07. The van der Waals surface area contributed by atoms with Crippen molar-refractivity contribution in [3.63, 3.8) is 0 Å². The molecule has 0 saturated carbocycles. The molecule has 0 spiro atoms. The van der Waals surface area contributed by atoms with Crippen LogP contribution in [0.2, 0.25) is 0 Å². The second kappa shape index (κ2) is 9.18. The third kappa shape index (κ3) is 4.70. The highest BCUT2D eigenvalue weighted by atomic mass is 32.2. The van der Waals surface area contributed by atoms with Gasteiger partial charge in [0.2, 0.25) is 0 Å². The highest BCUT2D eigenvalue weighted by molar-refractivity contribution is 8.18. The van der Waals surface area contributed by atoms with Gasteiger partial charge in [-0.3, -0.25) is 14.5 Å². The maximum atomic E-state index is 13.9. The molecule has 31 heavy (non-hydrogen) atoms. The van der Waals surface area contributed by atoms with Crippen molar-refractivity contribution < 1.29 is 18.7 Å². The van der Waals surface area contributed by atoms with E-state index in [9.17, 15) is 14.0 Å². The minimum atomic E-state index is -0.336. The maximum absolute atomic E-state index is 13.9. The van der Waals surface area contributed by atoms with Gasteiger partial charge < -0.3 is 4.74 Å². The molecular formula is C25H20FNO3S. The summed E-state index contributed by atoms with van der Waals surface area (Å²) in [7, 11) is 0. The molecule has 0 aromatic heterocycles. The average molecular weight is 434 g/mol. The number of hydrogen-bond donors (Lipinski definition) is 0. The zero-order valence-corrected chi connectivity index (χ0v) is 17.7. The lowest BCUT2D eigenvalue weighted by Gasteiger charge is -2.14. The number of aryl methyl sites for hydroxylation is 1. The van der Waals surface area contributed by atoms with Crippen molar-refractivity contribution in [1.82, 2.24) is 4.90 Å². The number of hydrogen-bond acceptors (Lipinski definition) is 4. The maximum Gasteiger partial charge on any atom is 0.293 e. The van der Waals surface area contributed by atoms with Crippen molar-refractivity contribution in [3.8, 4) is 5.75 Å². The quantitative estimate of drug-likeness (QED) is 0.451. The normalized spacial score (nSPS) is 15.0. The van der Waals surface area contributed by atoms with E-state index in [2.05, 4.69) is 0 Å². The fourth-order valence-electron chi connectivity index (χ4n) is 3.24. The number of nitrogens with zero attached hydrogens (tertiary/aromatic N) is 1. The number of amides is 2. The molecule has 0 radical (unpaired) electrons. The van der Waals surface area contributed by atoms with Gasteiger partial charge in [0.15, 0.2) is 0 Å². The van der Waals surface area contributed by atoms with Gasteiger partial charge >= 0.3 is 0 Å². The monoisotopic (exact) mass is 433 g/mol. The predicted octanol–water partition coefficient (Wildman–Crippen LogP) is 5.95. The van der Waals surface area contributed by atoms with Crippen molar-refractivity contribution in [2.24, 2.45) is 0 Å². The molecule has 1 heterocycles. The van der Waals surface area contributed by atoms with Crippen LogP contribution in [-0.2, 0) is 17.9 Å². The van der Waals surface area contributed by atoms with Crippen LogP contribution in [0.1, 0.15) is 22.3 Å². The first-order valence-corrected chi connectivity index (χ1v) is 10.6. The number of imide groups is 1. The van der Waals surface area contributed by atoms with Crippen LogP contribution in [0.15, 0.2) is 77.7 Å². The lowest BCUT2D eigenvalue weighted by molar-refractivity contribution is -0.123. The van der Waals surface area contributed by atoms with E-state index in [4.69, 9.17) is 4.74 Å². The zero-order valence-electron chi connectivity index (χ0n) is 16.9. The first-order valence-electron chi connectivity index (χ1n) is 9.78. The van der Waals surface area contributed by atoms with Gasteiger partial charge in [-0.2, -0.15) is 0 Å². The number of para-hydroxylation sites is 1. The van der Waals surface area contributed by atoms with E-state index < -0.39 is 0 Å². The van der Waals surface area contributed by atoms with Gasteiger partial charge in [-0.05, 0) is 48.0 Å². The summed E-state index contributed by atoms with van der Waals surface area (Å²) in [4.78, 5) is 27.0. The Morgan fingerprint density at radius 2 is 1.61 bits per heavy atom. The van der Waals surface area contributed by atoms with Crippen LogP contribution in [0.25, 0.3) is 6.08 Å². The summed E-state index contributed by atoms with van der Waals surface area (Å²) in [5.41, 5.74) is 3.05. The number of benzene rings is 3. The number of rotatable bonds is 6. The first kappa shape index (κ1) is 20.9. The fraction of sp³-hybridized carbons (Fsp3) is 0.120. The van der Waals surface area contributed by atoms with Crippen molar-refractivity contribution in [2.45, 2.75) is 20.1 Å². The van der Waals surface area contributed by atoms with Gasteiger partial charge in [-0.1, -0.05) is 60.7 Å². The Labute approximate surface area is 184 Å². The smallest absolute Gasteiger partial charge is 0.293 e. The van der Waals surface area contributed by atoms with E-state index in [1.54, 1.807) is 42.5 Å². The summed E-state index contributed by atoms with van der Waals surface area (Å²) >= 11 is 0.910. The SMILES string of the molecule is Cc1ccccc1CN1C(=O)S/C(=C\c2ccccc2OCc2ccccc2F)C1=O. The molecule has 156 valence electrons. The molecule has 3 aromatic rings. The van der Waals surface area contributed by atoms with Crippen molar-refractivity contribution in [1.29, 1.82) is 0 Å². The molecule has 4 nitrogen and oxygen atoms in total. The largest absolute Gasteiger partial charge is 0.488 e. The number of thioether (sulfide) groups is 1. The van der Waals surface area contributed by atoms with Crippen LogP contribution in [-0.4, -0.2) is 16.0 Å². The standard InChI is InChI=1S/C25H20FNO3S/c1-17-8-2-3-10-19(17)15-27-24(28)23(31-25(27)29)14-18-9-5-7-13-22(18)30-16-20-11-4-6-12-21(20)26/h2-14H,15-16H2,1H3/b23-14-. The Morgan fingerprint density at radius 3 is 2.39 bits per heavy atom. The highest BCUT2D eigenvalue weighted by Crippen LogP contribution is 2.35. The van der Waals surface area contributed by atoms with Gasteiger partial charge in [0.1, 0.15) is 18.2 Å². The first-order chi connectivity index (χ1) is 15.0. The molecule has 0 aliphatic carbocycles. The highest BCUT2D eigenvalue weighted by Gasteiger charge is 2.35. The van der Waals surface area contributed by atoms with Crippen LogP contribution in [0.3, 0.4) is 0 Å². The van der Waals surface area contributed by atoms with E-state index in [0.29, 0.717) is 21.8 Å². The molecular weight excluding hydrogens is 413 g/mol. The van der Waals surface area contributed by atoms with Gasteiger partial charge in [0, 0.05) is 11.1 Å². The minimum absolute atomic E-state index is 0.0618. The Kier molecular flexibility index (Phi) is 6.18. The van der Waals surface area contributed by atoms with E-state index in [0.717, 1.165) is 22.9 Å². The Balaban J connectivity index is 1.54. The molecule has 2 amide bonds. The second-order valence-electron chi connectivity index (χ2n) is 7.11. The molecule has 1 aliphatic rings. The van der Waals surface area contributed by atoms with Crippen LogP contribution < -0.4 is 4.74 Å². The van der Waals surface area contributed by atoms with E-state index in [1.807, 2.05) is 37.3 Å². The van der Waals surface area contributed by atoms with Gasteiger partial charge in [-0.25, -0.2) is 4.39 Å². The van der Waals surface area contributed by atoms with Crippen molar-refractivity contribution >= 4 is 29.0 Å². The Hall–Kier alpha value is -3.38. The lowest BCUT2D eigenvalue weighted by atomic mass is 10.1. The molecule has 3 aromatic carbocycles. The average Bonchev–Trinajstić information content (AvgIpc) is 3.03. The third-order valence-electron chi connectivity index (χ3n) is 5.01. The molecule has 0 bridgehead atoms. The van der Waals surface area contributed by atoms with Crippen molar-refractivity contribution in [3.05, 3.63) is 106 Å². The number of halogens is 1. The van der Waals surface area contributed by atoms with E-state index in [-0.39, 0.29) is 30.1 Å². The van der Waals surface area contributed by atoms with Gasteiger partial charge in [0.25, 0.3) is 11.1 Å². The van der Waals surface area contributed by atoms with Crippen LogP contribution >= 0.6 is 11.8 Å². The van der Waals surface area contributed by atoms with Crippen LogP contribution in [0.5, 0.6) is 5.75 Å². The third-order valence-corrected chi connectivity index (χ3v) is 5.92. The summed E-state index contributed by atoms with van der Waals surface area (Å²) in [5.74, 6) is -0.157. The van der Waals surface area contributed by atoms with Gasteiger partial charge in [-0.15, -0.1) is 0 Å². The van der Waals surface area contributed by atoms with E-state index >= 15 is 0 Å². The Morgan fingerprint density at radius 1 is 0.935 bits per heavy atom. The molecule has 1 fully saturated rings. The lowest BCUT2D eigenvalue weighted by Crippen LogP contribution is -2.27. The summed E-state index contributed by atoms with van der Waals surface area (Å²) in [6.07, 6.45) is 1.65.